The molecule has 0 aliphatic heterocycles. The number of benzene rings is 1. The molecule has 3 aromatic rings. The number of hydrogen-bond donors (Lipinski definition) is 2. The van der Waals surface area contributed by atoms with E-state index < -0.39 is 22.9 Å². The number of methoxy groups -OCH3 is 1. The zero-order valence-corrected chi connectivity index (χ0v) is 23.6. The van der Waals surface area contributed by atoms with Crippen molar-refractivity contribution in [1.29, 1.82) is 0 Å². The molecule has 2 heterocycles. The molecule has 8 heteroatoms. The van der Waals surface area contributed by atoms with E-state index in [4.69, 9.17) is 4.42 Å². The average Bonchev–Trinajstić information content (AvgIpc) is 3.27. The summed E-state index contributed by atoms with van der Waals surface area (Å²) >= 11 is 1.65. The Morgan fingerprint density at radius 1 is 1.24 bits per heavy atom. The highest BCUT2D eigenvalue weighted by atomic mass is 32.1. The van der Waals surface area contributed by atoms with Gasteiger partial charge in [0.05, 0.1) is 7.11 Å². The second kappa shape index (κ2) is 12.9. The van der Waals surface area contributed by atoms with Crippen LogP contribution in [-0.2, 0) is 17.6 Å². The number of aromatic hydroxyl groups is 1. The molecule has 38 heavy (non-hydrogen) atoms. The standard InChI is InChI=1S/C30H37NO6S/c1-6-7-11-20-12-13-25-21(15-20)16-22(38-25)18-30(3,4)27(33)26-23(32)17-24(37-28(26)34)19(2)10-8-9-14-31-29(35)36-5/h9,12-17,19,32H,6-8,10-11,18H2,1-5H3,(H,31,35)/b14-9+. The van der Waals surface area contributed by atoms with Crippen molar-refractivity contribution in [2.24, 2.45) is 5.41 Å². The van der Waals surface area contributed by atoms with Crippen LogP contribution in [0.5, 0.6) is 5.75 Å². The molecule has 0 saturated carbocycles. The molecule has 1 atom stereocenters. The number of thiophene rings is 1. The number of alkyl carbamates (subject to hydrolysis) is 1. The summed E-state index contributed by atoms with van der Waals surface area (Å²) < 4.78 is 11.1. The molecule has 1 unspecified atom stereocenters. The predicted molar refractivity (Wildman–Crippen MR) is 151 cm³/mol. The maximum absolute atomic E-state index is 13.4. The van der Waals surface area contributed by atoms with Gasteiger partial charge in [-0.3, -0.25) is 10.1 Å². The highest BCUT2D eigenvalue weighted by Crippen LogP contribution is 2.35. The zero-order chi connectivity index (χ0) is 27.9. The van der Waals surface area contributed by atoms with Crippen LogP contribution < -0.4 is 10.9 Å². The number of carbonyl (C=O) groups is 2. The molecule has 2 N–H and O–H groups in total. The summed E-state index contributed by atoms with van der Waals surface area (Å²) in [6, 6.07) is 9.99. The van der Waals surface area contributed by atoms with Crippen LogP contribution in [0.4, 0.5) is 4.79 Å². The van der Waals surface area contributed by atoms with Crippen molar-refractivity contribution < 1.29 is 23.8 Å². The van der Waals surface area contributed by atoms with Gasteiger partial charge in [0.25, 0.3) is 0 Å². The Labute approximate surface area is 227 Å². The first kappa shape index (κ1) is 29.2. The number of aryl methyl sites for hydroxylation is 1. The first-order valence-corrected chi connectivity index (χ1v) is 13.8. The van der Waals surface area contributed by atoms with E-state index in [1.54, 1.807) is 31.3 Å². The lowest BCUT2D eigenvalue weighted by Crippen LogP contribution is -2.31. The molecule has 0 spiro atoms. The third-order valence-corrected chi connectivity index (χ3v) is 7.73. The fourth-order valence-corrected chi connectivity index (χ4v) is 5.61. The number of rotatable bonds is 12. The monoisotopic (exact) mass is 539 g/mol. The summed E-state index contributed by atoms with van der Waals surface area (Å²) in [5.74, 6) is -0.685. The molecule has 3 rings (SSSR count). The van der Waals surface area contributed by atoms with Crippen molar-refractivity contribution in [2.75, 3.05) is 7.11 Å². The van der Waals surface area contributed by atoms with Crippen LogP contribution in [0.15, 0.2) is 51.8 Å². The highest BCUT2D eigenvalue weighted by Gasteiger charge is 2.34. The van der Waals surface area contributed by atoms with E-state index in [9.17, 15) is 19.5 Å². The molecule has 7 nitrogen and oxygen atoms in total. The van der Waals surface area contributed by atoms with E-state index in [2.05, 4.69) is 41.2 Å². The van der Waals surface area contributed by atoms with Crippen molar-refractivity contribution in [3.05, 3.63) is 74.8 Å². The van der Waals surface area contributed by atoms with Crippen LogP contribution in [0.1, 0.15) is 85.9 Å². The van der Waals surface area contributed by atoms with Gasteiger partial charge in [0.2, 0.25) is 0 Å². The number of carbonyl (C=O) groups excluding carboxylic acids is 2. The summed E-state index contributed by atoms with van der Waals surface area (Å²) in [5, 5.41) is 14.3. The van der Waals surface area contributed by atoms with E-state index in [1.807, 2.05) is 6.92 Å². The molecule has 0 aliphatic carbocycles. The van der Waals surface area contributed by atoms with Crippen molar-refractivity contribution in [1.82, 2.24) is 5.32 Å². The van der Waals surface area contributed by atoms with Gasteiger partial charge in [-0.1, -0.05) is 52.3 Å². The van der Waals surface area contributed by atoms with Crippen molar-refractivity contribution in [3.63, 3.8) is 0 Å². The van der Waals surface area contributed by atoms with Crippen molar-refractivity contribution >= 4 is 33.3 Å². The van der Waals surface area contributed by atoms with Crippen molar-refractivity contribution in [2.45, 2.75) is 72.1 Å². The SMILES string of the molecule is CCCCc1ccc2sc(CC(C)(C)C(=O)c3c(O)cc(C(C)CC/C=C/NC(=O)OC)oc3=O)cc2c1. The molecule has 0 aliphatic rings. The first-order chi connectivity index (χ1) is 18.1. The van der Waals surface area contributed by atoms with Crippen LogP contribution in [0.25, 0.3) is 10.1 Å². The second-order valence-corrected chi connectivity index (χ2v) is 11.5. The Balaban J connectivity index is 1.71. The third-order valence-electron chi connectivity index (χ3n) is 6.61. The number of unbranched alkanes of at least 4 members (excludes halogenated alkanes) is 1. The van der Waals surface area contributed by atoms with Crippen LogP contribution in [0.3, 0.4) is 0 Å². The lowest BCUT2D eigenvalue weighted by Gasteiger charge is -2.22. The lowest BCUT2D eigenvalue weighted by molar-refractivity contribution is 0.0830. The van der Waals surface area contributed by atoms with Gasteiger partial charge in [0, 0.05) is 33.2 Å². The number of amides is 1. The maximum Gasteiger partial charge on any atom is 0.410 e. The Morgan fingerprint density at radius 3 is 2.68 bits per heavy atom. The molecular formula is C30H37NO6S. The summed E-state index contributed by atoms with van der Waals surface area (Å²) in [4.78, 5) is 38.4. The summed E-state index contributed by atoms with van der Waals surface area (Å²) in [7, 11) is 1.28. The predicted octanol–water partition coefficient (Wildman–Crippen LogP) is 7.11. The highest BCUT2D eigenvalue weighted by molar-refractivity contribution is 7.19. The van der Waals surface area contributed by atoms with Gasteiger partial charge in [-0.15, -0.1) is 11.3 Å². The van der Waals surface area contributed by atoms with E-state index in [0.29, 0.717) is 25.0 Å². The number of nitrogens with one attached hydrogen (secondary N) is 1. The van der Waals surface area contributed by atoms with Crippen LogP contribution in [-0.4, -0.2) is 24.1 Å². The zero-order valence-electron chi connectivity index (χ0n) is 22.8. The Kier molecular flexibility index (Phi) is 9.91. The average molecular weight is 540 g/mol. The minimum Gasteiger partial charge on any atom is -0.507 e. The van der Waals surface area contributed by atoms with Gasteiger partial charge in [0.1, 0.15) is 17.1 Å². The molecular weight excluding hydrogens is 502 g/mol. The molecule has 0 bridgehead atoms. The van der Waals surface area contributed by atoms with E-state index in [-0.39, 0.29) is 17.2 Å². The lowest BCUT2D eigenvalue weighted by atomic mass is 9.81. The molecule has 2 aromatic heterocycles. The van der Waals surface area contributed by atoms with Gasteiger partial charge < -0.3 is 14.3 Å². The number of allylic oxidation sites excluding steroid dienone is 1. The normalized spacial score (nSPS) is 12.7. The van der Waals surface area contributed by atoms with Gasteiger partial charge in [0.15, 0.2) is 5.78 Å². The first-order valence-electron chi connectivity index (χ1n) is 13.0. The topological polar surface area (TPSA) is 106 Å². The minimum atomic E-state index is -0.914. The van der Waals surface area contributed by atoms with Crippen LogP contribution >= 0.6 is 11.3 Å². The largest absolute Gasteiger partial charge is 0.507 e. The summed E-state index contributed by atoms with van der Waals surface area (Å²) in [6.07, 6.45) is 7.68. The molecule has 1 amide bonds. The minimum absolute atomic E-state index is 0.186. The van der Waals surface area contributed by atoms with Crippen LogP contribution in [0.2, 0.25) is 0 Å². The quantitative estimate of drug-likeness (QED) is 0.238. The molecule has 204 valence electrons. The summed E-state index contributed by atoms with van der Waals surface area (Å²) in [5.41, 5.74) is -0.742. The molecule has 0 fully saturated rings. The number of Topliss-reactive ketones (excluding diaryl/α,β-unsaturated/α-hetero) is 1. The Morgan fingerprint density at radius 2 is 2.00 bits per heavy atom. The second-order valence-electron chi connectivity index (χ2n) is 10.3. The van der Waals surface area contributed by atoms with E-state index in [0.717, 1.165) is 24.1 Å². The molecule has 0 radical (unpaired) electrons. The number of ether oxygens (including phenoxy) is 1. The fraction of sp³-hybridized carbons (Fsp3) is 0.433. The van der Waals surface area contributed by atoms with Crippen molar-refractivity contribution in [3.8, 4) is 5.75 Å². The Bertz CT molecular complexity index is 1370. The van der Waals surface area contributed by atoms with Gasteiger partial charge in [-0.2, -0.15) is 0 Å². The molecule has 0 saturated heterocycles. The Hall–Kier alpha value is -3.39. The smallest absolute Gasteiger partial charge is 0.410 e. The maximum atomic E-state index is 13.4. The summed E-state index contributed by atoms with van der Waals surface area (Å²) in [6.45, 7) is 7.62. The van der Waals surface area contributed by atoms with Gasteiger partial charge in [-0.25, -0.2) is 9.59 Å². The van der Waals surface area contributed by atoms with E-state index in [1.165, 1.54) is 35.0 Å². The van der Waals surface area contributed by atoms with E-state index >= 15 is 0 Å². The number of ketones is 1. The van der Waals surface area contributed by atoms with Gasteiger partial charge >= 0.3 is 11.7 Å². The fourth-order valence-electron chi connectivity index (χ4n) is 4.33. The third kappa shape index (κ3) is 7.34. The molecule has 1 aromatic carbocycles. The van der Waals surface area contributed by atoms with Crippen LogP contribution in [0, 0.1) is 5.41 Å². The van der Waals surface area contributed by atoms with Gasteiger partial charge in [-0.05, 0) is 55.2 Å². The number of fused-ring (bicyclic) bond motifs is 1. The number of hydrogen-bond acceptors (Lipinski definition) is 7.